The third kappa shape index (κ3) is 6.60. The van der Waals surface area contributed by atoms with Gasteiger partial charge in [-0.2, -0.15) is 0 Å². The number of nitrogens with one attached hydrogen (secondary N) is 2. The van der Waals surface area contributed by atoms with Gasteiger partial charge in [-0.1, -0.05) is 36.4 Å². The second-order valence-corrected chi connectivity index (χ2v) is 6.48. The van der Waals surface area contributed by atoms with Crippen molar-refractivity contribution >= 4 is 17.7 Å². The maximum Gasteiger partial charge on any atom is 0.276 e. The van der Waals surface area contributed by atoms with Crippen LogP contribution in [0.4, 0.5) is 0 Å². The third-order valence-corrected chi connectivity index (χ3v) is 4.17. The number of amides is 3. The second kappa shape index (κ2) is 10.4. The largest absolute Gasteiger partial charge is 0.489 e. The van der Waals surface area contributed by atoms with Gasteiger partial charge in [0.15, 0.2) is 6.61 Å². The van der Waals surface area contributed by atoms with E-state index in [1.54, 1.807) is 24.3 Å². The van der Waals surface area contributed by atoms with Crippen molar-refractivity contribution in [1.29, 1.82) is 0 Å². The van der Waals surface area contributed by atoms with E-state index in [1.165, 1.54) is 24.3 Å². The quantitative estimate of drug-likeness (QED) is 0.484. The first kappa shape index (κ1) is 21.4. The van der Waals surface area contributed by atoms with Gasteiger partial charge in [-0.3, -0.25) is 25.2 Å². The summed E-state index contributed by atoms with van der Waals surface area (Å²) in [6, 6.07) is 22.5. The summed E-state index contributed by atoms with van der Waals surface area (Å²) in [5, 5.41) is 0. The number of carbonyl (C=O) groups excluding carboxylic acids is 3. The summed E-state index contributed by atoms with van der Waals surface area (Å²) < 4.78 is 11.1. The Morgan fingerprint density at radius 3 is 2.06 bits per heavy atom. The summed E-state index contributed by atoms with van der Waals surface area (Å²) in [6.07, 6.45) is 0. The number of rotatable bonds is 8. The summed E-state index contributed by atoms with van der Waals surface area (Å²) in [4.78, 5) is 35.2. The number of hydrogen-bond acceptors (Lipinski definition) is 5. The maximum atomic E-state index is 12.1. The molecule has 158 valence electrons. The lowest BCUT2D eigenvalue weighted by Gasteiger charge is -2.10. The van der Waals surface area contributed by atoms with Crippen LogP contribution in [0.2, 0.25) is 0 Å². The molecule has 0 atom stereocenters. The van der Waals surface area contributed by atoms with Crippen LogP contribution in [-0.4, -0.2) is 24.3 Å². The Morgan fingerprint density at radius 1 is 0.742 bits per heavy atom. The zero-order chi connectivity index (χ0) is 22.1. The molecular formula is C23H21N3O5. The van der Waals surface area contributed by atoms with Crippen LogP contribution in [-0.2, 0) is 11.4 Å². The summed E-state index contributed by atoms with van der Waals surface area (Å²) in [5.74, 6) is -0.641. The molecule has 8 nitrogen and oxygen atoms in total. The van der Waals surface area contributed by atoms with E-state index in [1.807, 2.05) is 30.3 Å². The molecule has 3 aromatic rings. The molecule has 0 aromatic heterocycles. The van der Waals surface area contributed by atoms with Crippen molar-refractivity contribution in [3.8, 4) is 11.5 Å². The van der Waals surface area contributed by atoms with Crippen molar-refractivity contribution in [2.24, 2.45) is 5.73 Å². The molecule has 0 spiro atoms. The lowest BCUT2D eigenvalue weighted by molar-refractivity contribution is -0.123. The van der Waals surface area contributed by atoms with Crippen molar-refractivity contribution in [3.63, 3.8) is 0 Å². The molecule has 0 saturated heterocycles. The van der Waals surface area contributed by atoms with Crippen molar-refractivity contribution in [1.82, 2.24) is 10.9 Å². The summed E-state index contributed by atoms with van der Waals surface area (Å²) in [7, 11) is 0. The molecule has 3 aromatic carbocycles. The molecule has 0 unspecified atom stereocenters. The van der Waals surface area contributed by atoms with Crippen LogP contribution in [0.15, 0.2) is 78.9 Å². The van der Waals surface area contributed by atoms with Gasteiger partial charge in [-0.25, -0.2) is 0 Å². The van der Waals surface area contributed by atoms with Crippen LogP contribution in [0, 0.1) is 0 Å². The topological polar surface area (TPSA) is 120 Å². The van der Waals surface area contributed by atoms with Gasteiger partial charge in [0.1, 0.15) is 18.1 Å². The molecule has 3 rings (SSSR count). The van der Waals surface area contributed by atoms with Crippen LogP contribution >= 0.6 is 0 Å². The van der Waals surface area contributed by atoms with Crippen LogP contribution in [0.5, 0.6) is 11.5 Å². The number of benzene rings is 3. The molecular weight excluding hydrogens is 398 g/mol. The van der Waals surface area contributed by atoms with Crippen LogP contribution in [0.3, 0.4) is 0 Å². The molecule has 8 heteroatoms. The van der Waals surface area contributed by atoms with E-state index in [2.05, 4.69) is 10.9 Å². The fourth-order valence-corrected chi connectivity index (χ4v) is 2.57. The van der Waals surface area contributed by atoms with Gasteiger partial charge in [0.05, 0.1) is 0 Å². The predicted octanol–water partition coefficient (Wildman–Crippen LogP) is 2.20. The van der Waals surface area contributed by atoms with E-state index in [-0.39, 0.29) is 17.7 Å². The first-order valence-corrected chi connectivity index (χ1v) is 9.40. The lowest BCUT2D eigenvalue weighted by Crippen LogP contribution is -2.43. The lowest BCUT2D eigenvalue weighted by atomic mass is 10.1. The number of hydrazine groups is 1. The van der Waals surface area contributed by atoms with Crippen LogP contribution in [0.1, 0.15) is 26.3 Å². The molecule has 4 N–H and O–H groups in total. The normalized spacial score (nSPS) is 10.1. The number of nitrogens with two attached hydrogens (primary N) is 1. The highest BCUT2D eigenvalue weighted by atomic mass is 16.5. The Labute approximate surface area is 178 Å². The molecule has 0 aliphatic carbocycles. The van der Waals surface area contributed by atoms with Crippen molar-refractivity contribution in [3.05, 3.63) is 95.6 Å². The highest BCUT2D eigenvalue weighted by Crippen LogP contribution is 2.18. The fraction of sp³-hybridized carbons (Fsp3) is 0.0870. The summed E-state index contributed by atoms with van der Waals surface area (Å²) in [5.41, 5.74) is 11.1. The van der Waals surface area contributed by atoms with Gasteiger partial charge >= 0.3 is 0 Å². The van der Waals surface area contributed by atoms with Gasteiger partial charge in [0.25, 0.3) is 11.8 Å². The smallest absolute Gasteiger partial charge is 0.276 e. The first-order chi connectivity index (χ1) is 15.0. The number of ether oxygens (including phenoxy) is 2. The van der Waals surface area contributed by atoms with Crippen molar-refractivity contribution < 1.29 is 23.9 Å². The average molecular weight is 419 g/mol. The molecule has 0 bridgehead atoms. The minimum atomic E-state index is -0.649. The average Bonchev–Trinajstić information content (AvgIpc) is 2.81. The molecule has 0 aliphatic rings. The van der Waals surface area contributed by atoms with E-state index in [0.717, 1.165) is 5.56 Å². The van der Waals surface area contributed by atoms with Gasteiger partial charge in [-0.05, 0) is 48.0 Å². The Morgan fingerprint density at radius 2 is 1.39 bits per heavy atom. The molecule has 0 fully saturated rings. The Balaban J connectivity index is 1.41. The minimum absolute atomic E-state index is 0.184. The molecule has 0 radical (unpaired) electrons. The maximum absolute atomic E-state index is 12.1. The number of hydrogen-bond donors (Lipinski definition) is 3. The van der Waals surface area contributed by atoms with E-state index < -0.39 is 17.7 Å². The molecule has 31 heavy (non-hydrogen) atoms. The highest BCUT2D eigenvalue weighted by molar-refractivity contribution is 5.99. The van der Waals surface area contributed by atoms with E-state index >= 15 is 0 Å². The van der Waals surface area contributed by atoms with E-state index in [0.29, 0.717) is 18.1 Å². The van der Waals surface area contributed by atoms with Crippen molar-refractivity contribution in [2.45, 2.75) is 6.61 Å². The third-order valence-electron chi connectivity index (χ3n) is 4.17. The molecule has 0 saturated carbocycles. The van der Waals surface area contributed by atoms with Crippen LogP contribution < -0.4 is 26.1 Å². The van der Waals surface area contributed by atoms with E-state index in [4.69, 9.17) is 15.2 Å². The molecule has 0 heterocycles. The molecule has 3 amide bonds. The molecule has 0 aliphatic heterocycles. The standard InChI is InChI=1S/C23H21N3O5/c24-22(28)17-7-4-8-18(13-17)23(29)26-25-21(27)15-31-20-11-9-19(10-12-20)30-14-16-5-2-1-3-6-16/h1-13H,14-15H2,(H2,24,28)(H,25,27)(H,26,29). The Bertz CT molecular complexity index is 1050. The van der Waals surface area contributed by atoms with Gasteiger partial charge in [0.2, 0.25) is 5.91 Å². The minimum Gasteiger partial charge on any atom is -0.489 e. The highest BCUT2D eigenvalue weighted by Gasteiger charge is 2.10. The second-order valence-electron chi connectivity index (χ2n) is 6.48. The summed E-state index contributed by atoms with van der Waals surface area (Å²) >= 11 is 0. The van der Waals surface area contributed by atoms with Crippen molar-refractivity contribution in [2.75, 3.05) is 6.61 Å². The Hall–Kier alpha value is -4.33. The Kier molecular flexibility index (Phi) is 7.21. The zero-order valence-corrected chi connectivity index (χ0v) is 16.5. The van der Waals surface area contributed by atoms with Crippen LogP contribution in [0.25, 0.3) is 0 Å². The van der Waals surface area contributed by atoms with E-state index in [9.17, 15) is 14.4 Å². The zero-order valence-electron chi connectivity index (χ0n) is 16.5. The number of carbonyl (C=O) groups is 3. The number of primary amides is 1. The van der Waals surface area contributed by atoms with Gasteiger partial charge in [-0.15, -0.1) is 0 Å². The first-order valence-electron chi connectivity index (χ1n) is 9.40. The SMILES string of the molecule is NC(=O)c1cccc(C(=O)NNC(=O)COc2ccc(OCc3ccccc3)cc2)c1. The van der Waals surface area contributed by atoms with Gasteiger partial charge in [0, 0.05) is 11.1 Å². The monoisotopic (exact) mass is 419 g/mol. The van der Waals surface area contributed by atoms with Gasteiger partial charge < -0.3 is 15.2 Å². The fourth-order valence-electron chi connectivity index (χ4n) is 2.57. The summed E-state index contributed by atoms with van der Waals surface area (Å²) in [6.45, 7) is 0.150. The predicted molar refractivity (Wildman–Crippen MR) is 113 cm³/mol.